The van der Waals surface area contributed by atoms with Crippen molar-refractivity contribution in [3.63, 3.8) is 0 Å². The van der Waals surface area contributed by atoms with Gasteiger partial charge in [0.1, 0.15) is 0 Å². The zero-order valence-electron chi connectivity index (χ0n) is 12.6. The quantitative estimate of drug-likeness (QED) is 0.811. The van der Waals surface area contributed by atoms with E-state index in [0.717, 1.165) is 25.8 Å². The summed E-state index contributed by atoms with van der Waals surface area (Å²) < 4.78 is 0. The molecule has 3 heteroatoms. The van der Waals surface area contributed by atoms with Gasteiger partial charge in [0.25, 0.3) is 0 Å². The number of aryl methyl sites for hydroxylation is 1. The first-order valence-corrected chi connectivity index (χ1v) is 7.84. The SMILES string of the molecule is CCCNC(=O)C(C)NC1CCCCc2ccccc21. The molecule has 2 rings (SSSR count). The van der Waals surface area contributed by atoms with E-state index in [0.29, 0.717) is 6.04 Å². The van der Waals surface area contributed by atoms with Crippen molar-refractivity contribution in [1.82, 2.24) is 10.6 Å². The number of rotatable bonds is 5. The molecule has 1 aromatic rings. The van der Waals surface area contributed by atoms with E-state index < -0.39 is 0 Å². The van der Waals surface area contributed by atoms with Crippen LogP contribution in [-0.4, -0.2) is 18.5 Å². The number of hydrogen-bond donors (Lipinski definition) is 2. The molecule has 20 heavy (non-hydrogen) atoms. The predicted molar refractivity (Wildman–Crippen MR) is 82.6 cm³/mol. The third-order valence-electron chi connectivity index (χ3n) is 4.01. The van der Waals surface area contributed by atoms with Crippen LogP contribution >= 0.6 is 0 Å². The lowest BCUT2D eigenvalue weighted by molar-refractivity contribution is -0.122. The van der Waals surface area contributed by atoms with Crippen molar-refractivity contribution >= 4 is 5.91 Å². The minimum atomic E-state index is -0.141. The van der Waals surface area contributed by atoms with Crippen molar-refractivity contribution in [3.8, 4) is 0 Å². The van der Waals surface area contributed by atoms with Crippen LogP contribution in [0.25, 0.3) is 0 Å². The van der Waals surface area contributed by atoms with Gasteiger partial charge in [0, 0.05) is 12.6 Å². The van der Waals surface area contributed by atoms with Crippen LogP contribution in [0.1, 0.15) is 56.7 Å². The summed E-state index contributed by atoms with van der Waals surface area (Å²) in [5, 5.41) is 6.47. The van der Waals surface area contributed by atoms with Crippen molar-refractivity contribution in [3.05, 3.63) is 35.4 Å². The number of nitrogens with one attached hydrogen (secondary N) is 2. The number of hydrogen-bond acceptors (Lipinski definition) is 2. The van der Waals surface area contributed by atoms with Crippen molar-refractivity contribution < 1.29 is 4.79 Å². The number of amides is 1. The maximum atomic E-state index is 12.0. The summed E-state index contributed by atoms with van der Waals surface area (Å²) in [5.41, 5.74) is 2.81. The van der Waals surface area contributed by atoms with Crippen LogP contribution in [0.2, 0.25) is 0 Å². The Bertz CT molecular complexity index is 444. The molecule has 0 bridgehead atoms. The molecule has 1 aliphatic carbocycles. The van der Waals surface area contributed by atoms with Gasteiger partial charge in [0.2, 0.25) is 5.91 Å². The molecule has 1 amide bonds. The largest absolute Gasteiger partial charge is 0.355 e. The van der Waals surface area contributed by atoms with Gasteiger partial charge < -0.3 is 5.32 Å². The molecular formula is C17H26N2O. The first-order chi connectivity index (χ1) is 9.72. The third-order valence-corrected chi connectivity index (χ3v) is 4.01. The van der Waals surface area contributed by atoms with Gasteiger partial charge in [-0.1, -0.05) is 37.6 Å². The summed E-state index contributed by atoms with van der Waals surface area (Å²) in [6.45, 7) is 4.78. The molecule has 2 atom stereocenters. The average molecular weight is 274 g/mol. The molecule has 0 spiro atoms. The van der Waals surface area contributed by atoms with Gasteiger partial charge in [-0.2, -0.15) is 0 Å². The van der Waals surface area contributed by atoms with Gasteiger partial charge in [-0.15, -0.1) is 0 Å². The van der Waals surface area contributed by atoms with Gasteiger partial charge in [-0.3, -0.25) is 10.1 Å². The average Bonchev–Trinajstić information content (AvgIpc) is 2.67. The standard InChI is InChI=1S/C17H26N2O/c1-3-12-18-17(20)13(2)19-16-11-7-5-9-14-8-4-6-10-15(14)16/h4,6,8,10,13,16,19H,3,5,7,9,11-12H2,1-2H3,(H,18,20). The first kappa shape index (κ1) is 15.0. The Morgan fingerprint density at radius 2 is 2.15 bits per heavy atom. The highest BCUT2D eigenvalue weighted by molar-refractivity contribution is 5.81. The fourth-order valence-electron chi connectivity index (χ4n) is 2.87. The molecule has 0 fully saturated rings. The minimum Gasteiger partial charge on any atom is -0.355 e. The molecule has 0 saturated carbocycles. The Hall–Kier alpha value is -1.35. The van der Waals surface area contributed by atoms with E-state index in [2.05, 4.69) is 41.8 Å². The highest BCUT2D eigenvalue weighted by atomic mass is 16.2. The lowest BCUT2D eigenvalue weighted by Crippen LogP contribution is -2.43. The highest BCUT2D eigenvalue weighted by Gasteiger charge is 2.22. The van der Waals surface area contributed by atoms with Crippen LogP contribution in [0, 0.1) is 0 Å². The Morgan fingerprint density at radius 3 is 2.95 bits per heavy atom. The summed E-state index contributed by atoms with van der Waals surface area (Å²) in [4.78, 5) is 12.0. The van der Waals surface area contributed by atoms with Gasteiger partial charge in [-0.05, 0) is 43.7 Å². The number of carbonyl (C=O) groups excluding carboxylic acids is 1. The summed E-state index contributed by atoms with van der Waals surface area (Å²) in [6.07, 6.45) is 5.71. The topological polar surface area (TPSA) is 41.1 Å². The fraction of sp³-hybridized carbons (Fsp3) is 0.588. The number of carbonyl (C=O) groups is 1. The van der Waals surface area contributed by atoms with Gasteiger partial charge in [0.05, 0.1) is 6.04 Å². The van der Waals surface area contributed by atoms with Crippen molar-refractivity contribution in [2.24, 2.45) is 0 Å². The third kappa shape index (κ3) is 3.83. The zero-order chi connectivity index (χ0) is 14.4. The van der Waals surface area contributed by atoms with E-state index in [1.165, 1.54) is 24.0 Å². The molecular weight excluding hydrogens is 248 g/mol. The predicted octanol–water partition coefficient (Wildman–Crippen LogP) is 2.96. The van der Waals surface area contributed by atoms with Crippen LogP contribution in [0.3, 0.4) is 0 Å². The lowest BCUT2D eigenvalue weighted by Gasteiger charge is -2.23. The van der Waals surface area contributed by atoms with Crippen LogP contribution < -0.4 is 10.6 Å². The van der Waals surface area contributed by atoms with Crippen LogP contribution in [-0.2, 0) is 11.2 Å². The lowest BCUT2D eigenvalue weighted by atomic mass is 9.98. The van der Waals surface area contributed by atoms with Gasteiger partial charge >= 0.3 is 0 Å². The maximum Gasteiger partial charge on any atom is 0.236 e. The van der Waals surface area contributed by atoms with E-state index in [-0.39, 0.29) is 11.9 Å². The molecule has 0 aromatic heterocycles. The van der Waals surface area contributed by atoms with E-state index in [4.69, 9.17) is 0 Å². The second-order valence-corrected chi connectivity index (χ2v) is 5.68. The smallest absolute Gasteiger partial charge is 0.236 e. The van der Waals surface area contributed by atoms with Crippen LogP contribution in [0.15, 0.2) is 24.3 Å². The minimum absolute atomic E-state index is 0.105. The Balaban J connectivity index is 2.03. The van der Waals surface area contributed by atoms with Crippen molar-refractivity contribution in [2.45, 2.75) is 58.0 Å². The molecule has 1 aliphatic rings. The molecule has 3 nitrogen and oxygen atoms in total. The highest BCUT2D eigenvalue weighted by Crippen LogP contribution is 2.28. The molecule has 0 saturated heterocycles. The van der Waals surface area contributed by atoms with Gasteiger partial charge in [0.15, 0.2) is 0 Å². The van der Waals surface area contributed by atoms with E-state index in [1.807, 2.05) is 6.92 Å². The second kappa shape index (κ2) is 7.44. The molecule has 0 heterocycles. The monoisotopic (exact) mass is 274 g/mol. The summed E-state index contributed by atoms with van der Waals surface area (Å²) >= 11 is 0. The van der Waals surface area contributed by atoms with E-state index >= 15 is 0 Å². The normalized spacial score (nSPS) is 19.8. The number of fused-ring (bicyclic) bond motifs is 1. The molecule has 110 valence electrons. The maximum absolute atomic E-state index is 12.0. The Labute approximate surface area is 122 Å². The Kier molecular flexibility index (Phi) is 5.60. The first-order valence-electron chi connectivity index (χ1n) is 7.84. The fourth-order valence-corrected chi connectivity index (χ4v) is 2.87. The summed E-state index contributed by atoms with van der Waals surface area (Å²) in [7, 11) is 0. The van der Waals surface area contributed by atoms with Crippen molar-refractivity contribution in [1.29, 1.82) is 0 Å². The number of benzene rings is 1. The molecule has 2 unspecified atom stereocenters. The van der Waals surface area contributed by atoms with Crippen LogP contribution in [0.4, 0.5) is 0 Å². The second-order valence-electron chi connectivity index (χ2n) is 5.68. The zero-order valence-corrected chi connectivity index (χ0v) is 12.6. The molecule has 0 radical (unpaired) electrons. The summed E-state index contributed by atoms with van der Waals surface area (Å²) in [5.74, 6) is 0.105. The van der Waals surface area contributed by atoms with E-state index in [9.17, 15) is 4.79 Å². The van der Waals surface area contributed by atoms with Crippen molar-refractivity contribution in [2.75, 3.05) is 6.54 Å². The summed E-state index contributed by atoms with van der Waals surface area (Å²) in [6, 6.07) is 8.79. The Morgan fingerprint density at radius 1 is 1.35 bits per heavy atom. The molecule has 1 aromatic carbocycles. The molecule has 0 aliphatic heterocycles. The molecule has 2 N–H and O–H groups in total. The van der Waals surface area contributed by atoms with Crippen LogP contribution in [0.5, 0.6) is 0 Å². The van der Waals surface area contributed by atoms with Gasteiger partial charge in [-0.25, -0.2) is 0 Å². The van der Waals surface area contributed by atoms with E-state index in [1.54, 1.807) is 0 Å².